The maximum atomic E-state index is 5.69. The van der Waals surface area contributed by atoms with Gasteiger partial charge >= 0.3 is 0 Å². The summed E-state index contributed by atoms with van der Waals surface area (Å²) in [5.41, 5.74) is 6.84. The van der Waals surface area contributed by atoms with E-state index in [1.807, 2.05) is 13.8 Å². The van der Waals surface area contributed by atoms with E-state index >= 15 is 0 Å². The molecular formula is C9H17N3S. The van der Waals surface area contributed by atoms with Gasteiger partial charge < -0.3 is 5.73 Å². The Bertz CT molecular complexity index is 257. The Morgan fingerprint density at radius 1 is 1.69 bits per heavy atom. The summed E-state index contributed by atoms with van der Waals surface area (Å²) >= 11 is 1.70. The van der Waals surface area contributed by atoms with Crippen LogP contribution in [0.1, 0.15) is 17.6 Å². The molecule has 1 aromatic heterocycles. The Kier molecular flexibility index (Phi) is 3.84. The molecule has 0 aliphatic rings. The number of hydrogen-bond donors (Lipinski definition) is 1. The van der Waals surface area contributed by atoms with Crippen molar-refractivity contribution in [2.24, 2.45) is 5.73 Å². The number of nitrogens with zero attached hydrogens (tertiary/aromatic N) is 2. The first-order valence-corrected chi connectivity index (χ1v) is 5.31. The van der Waals surface area contributed by atoms with Crippen molar-refractivity contribution >= 4 is 11.3 Å². The Morgan fingerprint density at radius 2 is 2.38 bits per heavy atom. The van der Waals surface area contributed by atoms with Gasteiger partial charge in [-0.2, -0.15) is 0 Å². The highest BCUT2D eigenvalue weighted by Gasteiger charge is 2.04. The van der Waals surface area contributed by atoms with Crippen molar-refractivity contribution in [3.05, 3.63) is 16.1 Å². The zero-order valence-electron chi connectivity index (χ0n) is 8.45. The number of rotatable bonds is 4. The summed E-state index contributed by atoms with van der Waals surface area (Å²) in [7, 11) is 2.07. The molecule has 0 aliphatic heterocycles. The van der Waals surface area contributed by atoms with Crippen molar-refractivity contribution in [3.8, 4) is 0 Å². The first-order valence-electron chi connectivity index (χ1n) is 4.43. The molecular weight excluding hydrogens is 182 g/mol. The SMILES string of the molecule is Cc1nc(CN(C)CC(C)N)cs1. The molecule has 74 valence electrons. The normalized spacial score (nSPS) is 13.6. The molecule has 0 amide bonds. The molecule has 0 saturated carbocycles. The van der Waals surface area contributed by atoms with E-state index < -0.39 is 0 Å². The van der Waals surface area contributed by atoms with Crippen molar-refractivity contribution in [2.45, 2.75) is 26.4 Å². The molecule has 0 spiro atoms. The summed E-state index contributed by atoms with van der Waals surface area (Å²) in [4.78, 5) is 6.59. The van der Waals surface area contributed by atoms with Crippen LogP contribution in [0.2, 0.25) is 0 Å². The lowest BCUT2D eigenvalue weighted by Crippen LogP contribution is -2.32. The van der Waals surface area contributed by atoms with Crippen LogP contribution < -0.4 is 5.73 Å². The number of hydrogen-bond acceptors (Lipinski definition) is 4. The first kappa shape index (κ1) is 10.6. The van der Waals surface area contributed by atoms with Gasteiger partial charge in [0.25, 0.3) is 0 Å². The molecule has 1 aromatic rings. The lowest BCUT2D eigenvalue weighted by molar-refractivity contribution is 0.307. The third-order valence-corrected chi connectivity index (χ3v) is 2.52. The van der Waals surface area contributed by atoms with Crippen molar-refractivity contribution < 1.29 is 0 Å². The molecule has 4 heteroatoms. The predicted molar refractivity (Wildman–Crippen MR) is 56.8 cm³/mol. The molecule has 1 heterocycles. The monoisotopic (exact) mass is 199 g/mol. The Hall–Kier alpha value is -0.450. The average Bonchev–Trinajstić information content (AvgIpc) is 2.33. The summed E-state index contributed by atoms with van der Waals surface area (Å²) in [6.45, 7) is 5.85. The predicted octanol–water partition coefficient (Wildman–Crippen LogP) is 1.23. The van der Waals surface area contributed by atoms with Crippen LogP contribution in [-0.4, -0.2) is 29.5 Å². The van der Waals surface area contributed by atoms with E-state index in [0.717, 1.165) is 23.8 Å². The highest BCUT2D eigenvalue weighted by atomic mass is 32.1. The fourth-order valence-corrected chi connectivity index (χ4v) is 1.92. The second-order valence-electron chi connectivity index (χ2n) is 3.53. The van der Waals surface area contributed by atoms with E-state index in [2.05, 4.69) is 22.3 Å². The van der Waals surface area contributed by atoms with Gasteiger partial charge in [0, 0.05) is 24.5 Å². The van der Waals surface area contributed by atoms with E-state index in [0.29, 0.717) is 0 Å². The Balaban J connectivity index is 2.40. The van der Waals surface area contributed by atoms with Crippen LogP contribution >= 0.6 is 11.3 Å². The smallest absolute Gasteiger partial charge is 0.0897 e. The molecule has 1 atom stereocenters. The first-order chi connectivity index (χ1) is 6.08. The molecule has 13 heavy (non-hydrogen) atoms. The standard InChI is InChI=1S/C9H17N3S/c1-7(10)4-12(3)5-9-6-13-8(2)11-9/h6-7H,4-5,10H2,1-3H3. The van der Waals surface area contributed by atoms with E-state index in [9.17, 15) is 0 Å². The van der Waals surface area contributed by atoms with Crippen LogP contribution in [0.3, 0.4) is 0 Å². The van der Waals surface area contributed by atoms with Gasteiger partial charge in [-0.05, 0) is 20.9 Å². The van der Waals surface area contributed by atoms with Crippen LogP contribution in [0.15, 0.2) is 5.38 Å². The van der Waals surface area contributed by atoms with Crippen molar-refractivity contribution in [1.82, 2.24) is 9.88 Å². The fraction of sp³-hybridized carbons (Fsp3) is 0.667. The molecule has 0 radical (unpaired) electrons. The van der Waals surface area contributed by atoms with Gasteiger partial charge in [-0.15, -0.1) is 11.3 Å². The molecule has 3 nitrogen and oxygen atoms in total. The molecule has 1 rings (SSSR count). The molecule has 0 aliphatic carbocycles. The summed E-state index contributed by atoms with van der Waals surface area (Å²) in [5, 5.41) is 3.23. The molecule has 0 aromatic carbocycles. The molecule has 0 bridgehead atoms. The van der Waals surface area contributed by atoms with Crippen LogP contribution in [0.4, 0.5) is 0 Å². The van der Waals surface area contributed by atoms with Crippen molar-refractivity contribution in [3.63, 3.8) is 0 Å². The third-order valence-electron chi connectivity index (χ3n) is 1.70. The lowest BCUT2D eigenvalue weighted by Gasteiger charge is -2.17. The third kappa shape index (κ3) is 3.85. The number of thiazole rings is 1. The molecule has 0 fully saturated rings. The van der Waals surface area contributed by atoms with Crippen molar-refractivity contribution in [1.29, 1.82) is 0 Å². The van der Waals surface area contributed by atoms with Crippen molar-refractivity contribution in [2.75, 3.05) is 13.6 Å². The van der Waals surface area contributed by atoms with E-state index in [4.69, 9.17) is 5.73 Å². The van der Waals surface area contributed by atoms with Crippen LogP contribution in [-0.2, 0) is 6.54 Å². The van der Waals surface area contributed by atoms with E-state index in [1.54, 1.807) is 11.3 Å². The van der Waals surface area contributed by atoms with Crippen LogP contribution in [0, 0.1) is 6.92 Å². The van der Waals surface area contributed by atoms with Gasteiger partial charge in [0.2, 0.25) is 0 Å². The number of aromatic nitrogens is 1. The van der Waals surface area contributed by atoms with Crippen LogP contribution in [0.25, 0.3) is 0 Å². The number of nitrogens with two attached hydrogens (primary N) is 1. The second kappa shape index (κ2) is 4.69. The minimum atomic E-state index is 0.227. The van der Waals surface area contributed by atoms with E-state index in [-0.39, 0.29) is 6.04 Å². The summed E-state index contributed by atoms with van der Waals surface area (Å²) in [5.74, 6) is 0. The Labute approximate surface area is 83.6 Å². The Morgan fingerprint density at radius 3 is 2.85 bits per heavy atom. The largest absolute Gasteiger partial charge is 0.327 e. The van der Waals surface area contributed by atoms with Crippen LogP contribution in [0.5, 0.6) is 0 Å². The maximum Gasteiger partial charge on any atom is 0.0897 e. The molecule has 2 N–H and O–H groups in total. The summed E-state index contributed by atoms with van der Waals surface area (Å²) in [6, 6.07) is 0.227. The maximum absolute atomic E-state index is 5.69. The van der Waals surface area contributed by atoms with Gasteiger partial charge in [0.05, 0.1) is 10.7 Å². The van der Waals surface area contributed by atoms with E-state index in [1.165, 1.54) is 0 Å². The molecule has 0 saturated heterocycles. The highest BCUT2D eigenvalue weighted by Crippen LogP contribution is 2.09. The lowest BCUT2D eigenvalue weighted by atomic mass is 10.3. The van der Waals surface area contributed by atoms with Gasteiger partial charge in [0.1, 0.15) is 0 Å². The second-order valence-corrected chi connectivity index (χ2v) is 4.59. The van der Waals surface area contributed by atoms with Gasteiger partial charge in [-0.3, -0.25) is 4.90 Å². The highest BCUT2D eigenvalue weighted by molar-refractivity contribution is 7.09. The minimum Gasteiger partial charge on any atom is -0.327 e. The molecule has 1 unspecified atom stereocenters. The average molecular weight is 199 g/mol. The van der Waals surface area contributed by atoms with Gasteiger partial charge in [-0.25, -0.2) is 4.98 Å². The quantitative estimate of drug-likeness (QED) is 0.793. The zero-order valence-corrected chi connectivity index (χ0v) is 9.27. The zero-order chi connectivity index (χ0) is 9.84. The minimum absolute atomic E-state index is 0.227. The topological polar surface area (TPSA) is 42.2 Å². The van der Waals surface area contributed by atoms with Gasteiger partial charge in [-0.1, -0.05) is 0 Å². The summed E-state index contributed by atoms with van der Waals surface area (Å²) in [6.07, 6.45) is 0. The number of aryl methyl sites for hydroxylation is 1. The fourth-order valence-electron chi connectivity index (χ4n) is 1.31. The summed E-state index contributed by atoms with van der Waals surface area (Å²) < 4.78 is 0. The number of likely N-dealkylation sites (N-methyl/N-ethyl adjacent to an activating group) is 1. The van der Waals surface area contributed by atoms with Gasteiger partial charge in [0.15, 0.2) is 0 Å².